The van der Waals surface area contributed by atoms with Gasteiger partial charge >= 0.3 is 0 Å². The van der Waals surface area contributed by atoms with Crippen molar-refractivity contribution in [2.24, 2.45) is 5.73 Å². The molecule has 0 aliphatic heterocycles. The molecule has 98 valence electrons. The standard InChI is InChI=1S/C14H13FN2OS/c1-8-3-4-11(15)12(5-8)18-13-7-10(14(16)19)6-9(2)17-13/h3-7H,1-2H3,(H2,16,19). The first-order chi connectivity index (χ1) is 8.95. The van der Waals surface area contributed by atoms with Crippen LogP contribution >= 0.6 is 12.2 Å². The Kier molecular flexibility index (Phi) is 3.76. The van der Waals surface area contributed by atoms with E-state index in [1.54, 1.807) is 31.2 Å². The summed E-state index contributed by atoms with van der Waals surface area (Å²) in [7, 11) is 0. The smallest absolute Gasteiger partial charge is 0.220 e. The lowest BCUT2D eigenvalue weighted by Crippen LogP contribution is -2.10. The second kappa shape index (κ2) is 5.32. The van der Waals surface area contributed by atoms with E-state index in [0.717, 1.165) is 5.56 Å². The highest BCUT2D eigenvalue weighted by Crippen LogP contribution is 2.25. The largest absolute Gasteiger partial charge is 0.436 e. The maximum Gasteiger partial charge on any atom is 0.220 e. The summed E-state index contributed by atoms with van der Waals surface area (Å²) in [5.41, 5.74) is 7.82. The fourth-order valence-corrected chi connectivity index (χ4v) is 1.75. The molecule has 0 bridgehead atoms. The molecule has 0 atom stereocenters. The average Bonchev–Trinajstić information content (AvgIpc) is 2.33. The number of hydrogen-bond acceptors (Lipinski definition) is 3. The van der Waals surface area contributed by atoms with Crippen molar-refractivity contribution in [3.8, 4) is 11.6 Å². The van der Waals surface area contributed by atoms with Gasteiger partial charge in [0, 0.05) is 17.3 Å². The van der Waals surface area contributed by atoms with Gasteiger partial charge in [0.15, 0.2) is 11.6 Å². The van der Waals surface area contributed by atoms with Gasteiger partial charge in [0.05, 0.1) is 0 Å². The van der Waals surface area contributed by atoms with Crippen LogP contribution in [-0.2, 0) is 0 Å². The Bertz CT molecular complexity index is 643. The molecule has 0 aliphatic carbocycles. The third-order valence-electron chi connectivity index (χ3n) is 2.52. The van der Waals surface area contributed by atoms with Gasteiger partial charge in [-0.05, 0) is 37.6 Å². The molecule has 0 radical (unpaired) electrons. The number of ether oxygens (including phenoxy) is 1. The summed E-state index contributed by atoms with van der Waals surface area (Å²) in [6, 6.07) is 7.99. The van der Waals surface area contributed by atoms with E-state index in [4.69, 9.17) is 22.7 Å². The molecule has 2 rings (SSSR count). The first kappa shape index (κ1) is 13.4. The summed E-state index contributed by atoms with van der Waals surface area (Å²) < 4.78 is 19.1. The summed E-state index contributed by atoms with van der Waals surface area (Å²) in [6.45, 7) is 3.65. The molecule has 0 amide bonds. The first-order valence-electron chi connectivity index (χ1n) is 5.68. The van der Waals surface area contributed by atoms with E-state index in [9.17, 15) is 4.39 Å². The van der Waals surface area contributed by atoms with Crippen molar-refractivity contribution in [2.75, 3.05) is 0 Å². The number of rotatable bonds is 3. The van der Waals surface area contributed by atoms with E-state index >= 15 is 0 Å². The first-order valence-corrected chi connectivity index (χ1v) is 6.09. The summed E-state index contributed by atoms with van der Waals surface area (Å²) in [4.78, 5) is 4.43. The lowest BCUT2D eigenvalue weighted by Gasteiger charge is -2.09. The zero-order valence-electron chi connectivity index (χ0n) is 10.6. The maximum absolute atomic E-state index is 13.6. The molecule has 0 aliphatic rings. The monoisotopic (exact) mass is 276 g/mol. The summed E-state index contributed by atoms with van der Waals surface area (Å²) >= 11 is 4.91. The zero-order chi connectivity index (χ0) is 14.0. The second-order valence-electron chi connectivity index (χ2n) is 4.24. The minimum atomic E-state index is -0.439. The Morgan fingerprint density at radius 1 is 1.26 bits per heavy atom. The highest BCUT2D eigenvalue weighted by Gasteiger charge is 2.08. The van der Waals surface area contributed by atoms with Crippen molar-refractivity contribution < 1.29 is 9.13 Å². The number of hydrogen-bond donors (Lipinski definition) is 1. The van der Waals surface area contributed by atoms with E-state index in [-0.39, 0.29) is 16.6 Å². The van der Waals surface area contributed by atoms with E-state index in [2.05, 4.69) is 4.98 Å². The lowest BCUT2D eigenvalue weighted by molar-refractivity contribution is 0.426. The van der Waals surface area contributed by atoms with Gasteiger partial charge in [0.2, 0.25) is 5.88 Å². The molecule has 1 heterocycles. The molecule has 2 N–H and O–H groups in total. The second-order valence-corrected chi connectivity index (χ2v) is 4.68. The Morgan fingerprint density at radius 3 is 2.68 bits per heavy atom. The summed E-state index contributed by atoms with van der Waals surface area (Å²) in [5.74, 6) is -0.0370. The summed E-state index contributed by atoms with van der Waals surface area (Å²) in [5, 5.41) is 0. The van der Waals surface area contributed by atoms with Crippen LogP contribution in [0.4, 0.5) is 4.39 Å². The van der Waals surface area contributed by atoms with Gasteiger partial charge in [-0.1, -0.05) is 18.3 Å². The van der Waals surface area contributed by atoms with Crippen LogP contribution in [0.1, 0.15) is 16.8 Å². The minimum Gasteiger partial charge on any atom is -0.436 e. The Hall–Kier alpha value is -2.01. The van der Waals surface area contributed by atoms with E-state index in [0.29, 0.717) is 11.3 Å². The van der Waals surface area contributed by atoms with Crippen molar-refractivity contribution in [3.05, 3.63) is 53.0 Å². The van der Waals surface area contributed by atoms with Gasteiger partial charge in [-0.25, -0.2) is 9.37 Å². The quantitative estimate of drug-likeness (QED) is 0.874. The highest BCUT2D eigenvalue weighted by atomic mass is 32.1. The van der Waals surface area contributed by atoms with Crippen LogP contribution in [0.15, 0.2) is 30.3 Å². The molecule has 0 saturated carbocycles. The van der Waals surface area contributed by atoms with Crippen molar-refractivity contribution in [1.29, 1.82) is 0 Å². The number of benzene rings is 1. The van der Waals surface area contributed by atoms with E-state index in [1.807, 2.05) is 6.92 Å². The Labute approximate surface area is 116 Å². The maximum atomic E-state index is 13.6. The lowest BCUT2D eigenvalue weighted by atomic mass is 10.2. The van der Waals surface area contributed by atoms with Gasteiger partial charge in [-0.3, -0.25) is 0 Å². The third kappa shape index (κ3) is 3.26. The summed E-state index contributed by atoms with van der Waals surface area (Å²) in [6.07, 6.45) is 0. The predicted molar refractivity (Wildman–Crippen MR) is 76.1 cm³/mol. The van der Waals surface area contributed by atoms with Crippen molar-refractivity contribution in [2.45, 2.75) is 13.8 Å². The molecular formula is C14H13FN2OS. The Balaban J connectivity index is 2.38. The molecule has 2 aromatic rings. The van der Waals surface area contributed by atoms with Crippen LogP contribution in [0.5, 0.6) is 11.6 Å². The number of aryl methyl sites for hydroxylation is 2. The molecule has 0 fully saturated rings. The molecule has 1 aromatic heterocycles. The van der Waals surface area contributed by atoms with Gasteiger partial charge < -0.3 is 10.5 Å². The minimum absolute atomic E-state index is 0.131. The van der Waals surface area contributed by atoms with Gasteiger partial charge in [-0.2, -0.15) is 0 Å². The topological polar surface area (TPSA) is 48.1 Å². The zero-order valence-corrected chi connectivity index (χ0v) is 11.4. The van der Waals surface area contributed by atoms with Gasteiger partial charge in [0.25, 0.3) is 0 Å². The van der Waals surface area contributed by atoms with Crippen LogP contribution in [0.25, 0.3) is 0 Å². The normalized spacial score (nSPS) is 10.3. The SMILES string of the molecule is Cc1ccc(F)c(Oc2cc(C(N)=S)cc(C)n2)c1. The number of halogens is 1. The Morgan fingerprint density at radius 2 is 2.00 bits per heavy atom. The number of nitrogens with zero attached hydrogens (tertiary/aromatic N) is 1. The van der Waals surface area contributed by atoms with E-state index < -0.39 is 5.82 Å². The van der Waals surface area contributed by atoms with Gasteiger partial charge in [-0.15, -0.1) is 0 Å². The predicted octanol–water partition coefficient (Wildman–Crippen LogP) is 3.26. The van der Waals surface area contributed by atoms with Crippen LogP contribution in [0, 0.1) is 19.7 Å². The van der Waals surface area contributed by atoms with Crippen LogP contribution in [-0.4, -0.2) is 9.97 Å². The van der Waals surface area contributed by atoms with Crippen molar-refractivity contribution in [1.82, 2.24) is 4.98 Å². The molecule has 0 unspecified atom stereocenters. The molecule has 1 aromatic carbocycles. The third-order valence-corrected chi connectivity index (χ3v) is 2.75. The molecule has 3 nitrogen and oxygen atoms in total. The number of aromatic nitrogens is 1. The molecule has 5 heteroatoms. The molecule has 19 heavy (non-hydrogen) atoms. The molecule has 0 saturated heterocycles. The number of thiocarbonyl (C=S) groups is 1. The fourth-order valence-electron chi connectivity index (χ4n) is 1.63. The van der Waals surface area contributed by atoms with Crippen molar-refractivity contribution in [3.63, 3.8) is 0 Å². The average molecular weight is 276 g/mol. The van der Waals surface area contributed by atoms with Crippen LogP contribution in [0.2, 0.25) is 0 Å². The van der Waals surface area contributed by atoms with Crippen molar-refractivity contribution >= 4 is 17.2 Å². The fraction of sp³-hybridized carbons (Fsp3) is 0.143. The highest BCUT2D eigenvalue weighted by molar-refractivity contribution is 7.80. The van der Waals surface area contributed by atoms with Gasteiger partial charge in [0.1, 0.15) is 4.99 Å². The number of nitrogens with two attached hydrogens (primary N) is 1. The van der Waals surface area contributed by atoms with Crippen LogP contribution in [0.3, 0.4) is 0 Å². The van der Waals surface area contributed by atoms with E-state index in [1.165, 1.54) is 6.07 Å². The van der Waals surface area contributed by atoms with Crippen LogP contribution < -0.4 is 10.5 Å². The number of pyridine rings is 1. The molecular weight excluding hydrogens is 263 g/mol. The molecule has 0 spiro atoms.